The Morgan fingerprint density at radius 3 is 2.46 bits per heavy atom. The van der Waals surface area contributed by atoms with Gasteiger partial charge in [-0.15, -0.1) is 0 Å². The predicted octanol–water partition coefficient (Wildman–Crippen LogP) is 3.67. The SMILES string of the molecule is CC(=O)Oc1cccc(C23CCN(C)CC2C(OC(C)=O)C[C@H](N(C)C(=O)c2ccccc2)C3)c1. The van der Waals surface area contributed by atoms with Gasteiger partial charge in [-0.25, -0.2) is 0 Å². The number of carbonyl (C=O) groups is 3. The van der Waals surface area contributed by atoms with E-state index in [4.69, 9.17) is 9.47 Å². The first kappa shape index (κ1) is 24.9. The van der Waals surface area contributed by atoms with Crippen LogP contribution in [0.3, 0.4) is 0 Å². The number of hydrogen-bond acceptors (Lipinski definition) is 6. The highest BCUT2D eigenvalue weighted by Crippen LogP contribution is 2.51. The summed E-state index contributed by atoms with van der Waals surface area (Å²) in [6.07, 6.45) is 1.83. The Bertz CT molecular complexity index is 1090. The maximum Gasteiger partial charge on any atom is 0.308 e. The lowest BCUT2D eigenvalue weighted by Gasteiger charge is -2.56. The highest BCUT2D eigenvalue weighted by Gasteiger charge is 2.54. The number of benzene rings is 2. The third-order valence-corrected chi connectivity index (χ3v) is 7.59. The second kappa shape index (κ2) is 10.2. The van der Waals surface area contributed by atoms with Crippen LogP contribution in [-0.2, 0) is 19.7 Å². The molecule has 2 aromatic carbocycles. The van der Waals surface area contributed by atoms with Gasteiger partial charge in [0.15, 0.2) is 0 Å². The van der Waals surface area contributed by atoms with Crippen LogP contribution in [0.5, 0.6) is 5.75 Å². The number of fused-ring (bicyclic) bond motifs is 1. The minimum absolute atomic E-state index is 0.0487. The van der Waals surface area contributed by atoms with Gasteiger partial charge >= 0.3 is 11.9 Å². The molecular weight excluding hydrogens is 444 g/mol. The fraction of sp³-hybridized carbons (Fsp3) is 0.464. The number of likely N-dealkylation sites (tertiary alicyclic amines) is 1. The Morgan fingerprint density at radius 1 is 1.03 bits per heavy atom. The van der Waals surface area contributed by atoms with Crippen LogP contribution in [-0.4, -0.2) is 67.0 Å². The molecule has 1 amide bonds. The Kier molecular flexibility index (Phi) is 7.26. The van der Waals surface area contributed by atoms with Crippen LogP contribution in [0, 0.1) is 5.92 Å². The maximum absolute atomic E-state index is 13.4. The molecule has 1 saturated heterocycles. The molecule has 4 atom stereocenters. The smallest absolute Gasteiger partial charge is 0.308 e. The van der Waals surface area contributed by atoms with Gasteiger partial charge in [-0.05, 0) is 56.3 Å². The number of nitrogens with zero attached hydrogens (tertiary/aromatic N) is 2. The van der Waals surface area contributed by atoms with Crippen molar-refractivity contribution in [2.75, 3.05) is 27.2 Å². The second-order valence-electron chi connectivity index (χ2n) is 9.92. The fourth-order valence-corrected chi connectivity index (χ4v) is 5.94. The molecule has 7 heteroatoms. The van der Waals surface area contributed by atoms with E-state index in [0.29, 0.717) is 17.7 Å². The quantitative estimate of drug-likeness (QED) is 0.482. The molecule has 7 nitrogen and oxygen atoms in total. The van der Waals surface area contributed by atoms with E-state index in [1.54, 1.807) is 11.0 Å². The second-order valence-corrected chi connectivity index (χ2v) is 9.92. The van der Waals surface area contributed by atoms with Crippen LogP contribution in [0.15, 0.2) is 54.6 Å². The van der Waals surface area contributed by atoms with Crippen molar-refractivity contribution in [3.8, 4) is 5.75 Å². The van der Waals surface area contributed by atoms with Gasteiger partial charge < -0.3 is 19.3 Å². The molecule has 1 saturated carbocycles. The van der Waals surface area contributed by atoms with Gasteiger partial charge in [0.1, 0.15) is 11.9 Å². The average Bonchev–Trinajstić information content (AvgIpc) is 2.83. The lowest BCUT2D eigenvalue weighted by atomic mass is 9.56. The Morgan fingerprint density at radius 2 is 1.77 bits per heavy atom. The van der Waals surface area contributed by atoms with Gasteiger partial charge in [0, 0.05) is 56.8 Å². The molecular formula is C28H34N2O5. The van der Waals surface area contributed by atoms with Gasteiger partial charge in [-0.2, -0.15) is 0 Å². The third-order valence-electron chi connectivity index (χ3n) is 7.59. The molecule has 35 heavy (non-hydrogen) atoms. The number of hydrogen-bond donors (Lipinski definition) is 0. The monoisotopic (exact) mass is 478 g/mol. The van der Waals surface area contributed by atoms with Crippen molar-refractivity contribution in [2.45, 2.75) is 50.7 Å². The summed E-state index contributed by atoms with van der Waals surface area (Å²) in [5.74, 6) is -0.181. The lowest BCUT2D eigenvalue weighted by Crippen LogP contribution is -2.61. The van der Waals surface area contributed by atoms with Crippen molar-refractivity contribution < 1.29 is 23.9 Å². The number of ether oxygens (including phenoxy) is 2. The van der Waals surface area contributed by atoms with Crippen LogP contribution in [0.2, 0.25) is 0 Å². The summed E-state index contributed by atoms with van der Waals surface area (Å²) >= 11 is 0. The first-order chi connectivity index (χ1) is 16.7. The van der Waals surface area contributed by atoms with Crippen molar-refractivity contribution in [1.82, 2.24) is 9.80 Å². The first-order valence-corrected chi connectivity index (χ1v) is 12.2. The van der Waals surface area contributed by atoms with Gasteiger partial charge in [-0.1, -0.05) is 30.3 Å². The van der Waals surface area contributed by atoms with E-state index >= 15 is 0 Å². The van der Waals surface area contributed by atoms with Crippen LogP contribution in [0.4, 0.5) is 0 Å². The third kappa shape index (κ3) is 5.25. The molecule has 0 bridgehead atoms. The molecule has 4 rings (SSSR count). The van der Waals surface area contributed by atoms with Crippen LogP contribution in [0.1, 0.15) is 49.0 Å². The molecule has 0 radical (unpaired) electrons. The van der Waals surface area contributed by atoms with Crippen molar-refractivity contribution in [3.05, 3.63) is 65.7 Å². The van der Waals surface area contributed by atoms with E-state index in [9.17, 15) is 14.4 Å². The first-order valence-electron chi connectivity index (χ1n) is 12.2. The topological polar surface area (TPSA) is 76.2 Å². The Balaban J connectivity index is 1.75. The Labute approximate surface area is 207 Å². The summed E-state index contributed by atoms with van der Waals surface area (Å²) in [5.41, 5.74) is 1.35. The molecule has 2 fully saturated rings. The molecule has 0 aromatic heterocycles. The van der Waals surface area contributed by atoms with Crippen molar-refractivity contribution >= 4 is 17.8 Å². The zero-order valence-electron chi connectivity index (χ0n) is 20.9. The normalized spacial score (nSPS) is 26.3. The van der Waals surface area contributed by atoms with E-state index < -0.39 is 0 Å². The number of piperidine rings is 1. The summed E-state index contributed by atoms with van der Waals surface area (Å²) in [4.78, 5) is 41.2. The summed E-state index contributed by atoms with van der Waals surface area (Å²) in [5, 5.41) is 0. The van der Waals surface area contributed by atoms with E-state index in [-0.39, 0.29) is 41.3 Å². The number of esters is 2. The summed E-state index contributed by atoms with van der Waals surface area (Å²) < 4.78 is 11.3. The lowest BCUT2D eigenvalue weighted by molar-refractivity contribution is -0.158. The zero-order valence-corrected chi connectivity index (χ0v) is 20.9. The maximum atomic E-state index is 13.4. The molecule has 2 aliphatic rings. The Hall–Kier alpha value is -3.19. The van der Waals surface area contributed by atoms with E-state index in [1.807, 2.05) is 49.5 Å². The highest BCUT2D eigenvalue weighted by atomic mass is 16.5. The molecule has 0 N–H and O–H groups in total. The van der Waals surface area contributed by atoms with Gasteiger partial charge in [0.2, 0.25) is 0 Å². The van der Waals surface area contributed by atoms with Crippen molar-refractivity contribution in [3.63, 3.8) is 0 Å². The predicted molar refractivity (Wildman–Crippen MR) is 132 cm³/mol. The molecule has 1 heterocycles. The van der Waals surface area contributed by atoms with Gasteiger partial charge in [0.25, 0.3) is 5.91 Å². The van der Waals surface area contributed by atoms with Gasteiger partial charge in [-0.3, -0.25) is 14.4 Å². The van der Waals surface area contributed by atoms with Gasteiger partial charge in [0.05, 0.1) is 0 Å². The number of rotatable bonds is 5. The molecule has 2 aromatic rings. The minimum atomic E-state index is -0.368. The van der Waals surface area contributed by atoms with Crippen LogP contribution < -0.4 is 4.74 Å². The average molecular weight is 479 g/mol. The molecule has 3 unspecified atom stereocenters. The largest absolute Gasteiger partial charge is 0.462 e. The minimum Gasteiger partial charge on any atom is -0.462 e. The van der Waals surface area contributed by atoms with E-state index in [0.717, 1.165) is 31.5 Å². The summed E-state index contributed by atoms with van der Waals surface area (Å²) in [6.45, 7) is 4.49. The molecule has 1 aliphatic carbocycles. The zero-order chi connectivity index (χ0) is 25.2. The number of carbonyl (C=O) groups excluding carboxylic acids is 3. The molecule has 0 spiro atoms. The highest BCUT2D eigenvalue weighted by molar-refractivity contribution is 5.94. The summed E-state index contributed by atoms with van der Waals surface area (Å²) in [7, 11) is 3.92. The summed E-state index contributed by atoms with van der Waals surface area (Å²) in [6, 6.07) is 16.8. The van der Waals surface area contributed by atoms with Crippen LogP contribution in [0.25, 0.3) is 0 Å². The fourth-order valence-electron chi connectivity index (χ4n) is 5.94. The van der Waals surface area contributed by atoms with E-state index in [2.05, 4.69) is 18.0 Å². The standard InChI is InChI=1S/C28H34N2O5/c1-19(31)34-24-12-8-11-22(15-24)28-13-14-29(3)18-25(28)26(35-20(2)32)16-23(17-28)30(4)27(33)21-9-6-5-7-10-21/h5-12,15,23,25-26H,13-14,16-18H2,1-4H3/t23-,25?,26?,28?/m0/s1. The van der Waals surface area contributed by atoms with Crippen molar-refractivity contribution in [1.29, 1.82) is 0 Å². The molecule has 186 valence electrons. The van der Waals surface area contributed by atoms with Crippen LogP contribution >= 0.6 is 0 Å². The molecule has 1 aliphatic heterocycles. The van der Waals surface area contributed by atoms with Crippen molar-refractivity contribution in [2.24, 2.45) is 5.92 Å². The van der Waals surface area contributed by atoms with E-state index in [1.165, 1.54) is 13.8 Å². The number of amides is 1.